The van der Waals surface area contributed by atoms with E-state index in [4.69, 9.17) is 5.14 Å². The van der Waals surface area contributed by atoms with Gasteiger partial charge in [0.05, 0.1) is 5.69 Å². The third-order valence-corrected chi connectivity index (χ3v) is 4.68. The van der Waals surface area contributed by atoms with Gasteiger partial charge in [0.1, 0.15) is 0 Å². The largest absolute Gasteiger partial charge is 0.310 e. The number of benzene rings is 1. The molecule has 1 aliphatic heterocycles. The summed E-state index contributed by atoms with van der Waals surface area (Å²) in [7, 11) is -3.67. The number of aryl methyl sites for hydroxylation is 1. The zero-order valence-corrected chi connectivity index (χ0v) is 12.9. The first-order valence-electron chi connectivity index (χ1n) is 7.10. The fraction of sp³-hybridized carbons (Fsp3) is 0.571. The molecule has 6 heteroatoms. The van der Waals surface area contributed by atoms with Crippen molar-refractivity contribution in [2.75, 3.05) is 17.4 Å². The molecule has 2 rings (SSSR count). The maximum Gasteiger partial charge on any atom is 0.299 e. The Morgan fingerprint density at radius 2 is 2.20 bits per heavy atom. The first-order chi connectivity index (χ1) is 9.43. The highest BCUT2D eigenvalue weighted by molar-refractivity contribution is 7.90. The van der Waals surface area contributed by atoms with Crippen molar-refractivity contribution in [3.05, 3.63) is 29.3 Å². The van der Waals surface area contributed by atoms with E-state index in [1.807, 2.05) is 12.1 Å². The van der Waals surface area contributed by atoms with Crippen LogP contribution in [0.5, 0.6) is 0 Å². The molecule has 0 aliphatic carbocycles. The van der Waals surface area contributed by atoms with E-state index in [2.05, 4.69) is 25.2 Å². The quantitative estimate of drug-likeness (QED) is 0.868. The molecule has 0 saturated heterocycles. The van der Waals surface area contributed by atoms with Gasteiger partial charge in [0, 0.05) is 12.6 Å². The third kappa shape index (κ3) is 3.31. The van der Waals surface area contributed by atoms with Crippen LogP contribution in [-0.2, 0) is 16.6 Å². The summed E-state index contributed by atoms with van der Waals surface area (Å²) in [5.74, 6) is 0. The van der Waals surface area contributed by atoms with E-state index in [0.717, 1.165) is 37.1 Å². The second-order valence-corrected chi connectivity index (χ2v) is 6.76. The highest BCUT2D eigenvalue weighted by Crippen LogP contribution is 2.30. The molecular formula is C14H23N3O2S. The van der Waals surface area contributed by atoms with E-state index < -0.39 is 10.2 Å². The molecule has 0 spiro atoms. The molecule has 0 radical (unpaired) electrons. The van der Waals surface area contributed by atoms with Crippen molar-refractivity contribution in [2.45, 2.75) is 39.2 Å². The molecule has 0 fully saturated rings. The van der Waals surface area contributed by atoms with E-state index in [1.165, 1.54) is 9.87 Å². The van der Waals surface area contributed by atoms with Crippen LogP contribution in [0.3, 0.4) is 0 Å². The van der Waals surface area contributed by atoms with Gasteiger partial charge in [-0.15, -0.1) is 0 Å². The van der Waals surface area contributed by atoms with Crippen molar-refractivity contribution < 1.29 is 8.42 Å². The minimum absolute atomic E-state index is 0.269. The molecule has 1 aromatic carbocycles. The van der Waals surface area contributed by atoms with Crippen LogP contribution in [-0.4, -0.2) is 21.5 Å². The fourth-order valence-electron chi connectivity index (χ4n) is 2.59. The van der Waals surface area contributed by atoms with Crippen molar-refractivity contribution in [3.8, 4) is 0 Å². The summed E-state index contributed by atoms with van der Waals surface area (Å²) in [6.45, 7) is 5.70. The molecule has 20 heavy (non-hydrogen) atoms. The van der Waals surface area contributed by atoms with Crippen molar-refractivity contribution >= 4 is 15.9 Å². The van der Waals surface area contributed by atoms with E-state index in [9.17, 15) is 8.42 Å². The second-order valence-electron chi connectivity index (χ2n) is 5.28. The summed E-state index contributed by atoms with van der Waals surface area (Å²) in [4.78, 5) is 0. The van der Waals surface area contributed by atoms with Crippen LogP contribution in [0.2, 0.25) is 0 Å². The highest BCUT2D eigenvalue weighted by Gasteiger charge is 2.24. The molecule has 0 aromatic heterocycles. The van der Waals surface area contributed by atoms with Gasteiger partial charge in [-0.05, 0) is 49.9 Å². The Bertz CT molecular complexity index is 572. The average Bonchev–Trinajstić information content (AvgIpc) is 2.42. The van der Waals surface area contributed by atoms with Gasteiger partial charge in [-0.2, -0.15) is 8.42 Å². The van der Waals surface area contributed by atoms with Gasteiger partial charge in [-0.1, -0.05) is 19.1 Å². The van der Waals surface area contributed by atoms with E-state index in [1.54, 1.807) is 0 Å². The van der Waals surface area contributed by atoms with Gasteiger partial charge in [0.25, 0.3) is 10.2 Å². The first-order valence-corrected chi connectivity index (χ1v) is 8.60. The summed E-state index contributed by atoms with van der Waals surface area (Å²) < 4.78 is 24.5. The lowest BCUT2D eigenvalue weighted by Crippen LogP contribution is -2.40. The Hall–Kier alpha value is -1.11. The number of nitrogens with zero attached hydrogens (tertiary/aromatic N) is 1. The Balaban J connectivity index is 2.28. The molecule has 112 valence electrons. The third-order valence-electron chi connectivity index (χ3n) is 3.69. The molecule has 0 saturated carbocycles. The maximum absolute atomic E-state index is 11.6. The van der Waals surface area contributed by atoms with Crippen LogP contribution in [0.1, 0.15) is 43.9 Å². The normalized spacial score (nSPS) is 16.9. The molecule has 5 nitrogen and oxygen atoms in total. The van der Waals surface area contributed by atoms with Crippen molar-refractivity contribution in [1.29, 1.82) is 0 Å². The zero-order valence-electron chi connectivity index (χ0n) is 12.1. The van der Waals surface area contributed by atoms with Crippen LogP contribution >= 0.6 is 0 Å². The lowest BCUT2D eigenvalue weighted by atomic mass is 9.98. The number of anilines is 1. The summed E-state index contributed by atoms with van der Waals surface area (Å²) in [6.07, 6.45) is 2.80. The minimum atomic E-state index is -3.67. The molecule has 1 heterocycles. The molecule has 0 amide bonds. The first kappa shape index (κ1) is 15.3. The topological polar surface area (TPSA) is 75.4 Å². The van der Waals surface area contributed by atoms with Crippen molar-refractivity contribution in [1.82, 2.24) is 5.32 Å². The van der Waals surface area contributed by atoms with Crippen LogP contribution in [0.15, 0.2) is 18.2 Å². The Kier molecular flexibility index (Phi) is 4.67. The number of fused-ring (bicyclic) bond motifs is 1. The molecule has 1 unspecified atom stereocenters. The number of nitrogens with one attached hydrogen (secondary N) is 1. The van der Waals surface area contributed by atoms with Crippen LogP contribution in [0.25, 0.3) is 0 Å². The zero-order chi connectivity index (χ0) is 14.8. The fourth-order valence-corrected chi connectivity index (χ4v) is 3.43. The SMILES string of the molecule is CCCNC(C)c1ccc2c(c1)CCCN2S(N)(=O)=O. The monoisotopic (exact) mass is 297 g/mol. The van der Waals surface area contributed by atoms with Gasteiger partial charge in [-0.3, -0.25) is 4.31 Å². The average molecular weight is 297 g/mol. The Morgan fingerprint density at radius 1 is 1.45 bits per heavy atom. The standard InChI is InChI=1S/C14H23N3O2S/c1-3-8-16-11(2)12-6-7-14-13(10-12)5-4-9-17(14)20(15,18)19/h6-7,10-11,16H,3-5,8-9H2,1-2H3,(H2,15,18,19). The summed E-state index contributed by atoms with van der Waals surface area (Å²) in [5.41, 5.74) is 2.98. The molecule has 1 atom stereocenters. The smallest absolute Gasteiger partial charge is 0.299 e. The van der Waals surface area contributed by atoms with Gasteiger partial charge >= 0.3 is 0 Å². The second kappa shape index (κ2) is 6.11. The lowest BCUT2D eigenvalue weighted by Gasteiger charge is -2.29. The van der Waals surface area contributed by atoms with Crippen LogP contribution in [0.4, 0.5) is 5.69 Å². The number of rotatable bonds is 5. The molecule has 0 bridgehead atoms. The molecule has 1 aromatic rings. The van der Waals surface area contributed by atoms with Gasteiger partial charge in [-0.25, -0.2) is 5.14 Å². The van der Waals surface area contributed by atoms with Gasteiger partial charge in [0.15, 0.2) is 0 Å². The summed E-state index contributed by atoms with van der Waals surface area (Å²) >= 11 is 0. The van der Waals surface area contributed by atoms with Crippen molar-refractivity contribution in [2.24, 2.45) is 5.14 Å². The predicted octanol–water partition coefficient (Wildman–Crippen LogP) is 1.70. The summed E-state index contributed by atoms with van der Waals surface area (Å²) in [6, 6.07) is 6.22. The number of hydrogen-bond donors (Lipinski definition) is 2. The van der Waals surface area contributed by atoms with Gasteiger partial charge in [0.2, 0.25) is 0 Å². The summed E-state index contributed by atoms with van der Waals surface area (Å²) in [5, 5.41) is 8.71. The number of hydrogen-bond acceptors (Lipinski definition) is 3. The molecule has 1 aliphatic rings. The van der Waals surface area contributed by atoms with E-state index in [0.29, 0.717) is 6.54 Å². The molecular weight excluding hydrogens is 274 g/mol. The number of nitrogens with two attached hydrogens (primary N) is 1. The lowest BCUT2D eigenvalue weighted by molar-refractivity contribution is 0.569. The molecule has 3 N–H and O–H groups in total. The Morgan fingerprint density at radius 3 is 2.85 bits per heavy atom. The predicted molar refractivity (Wildman–Crippen MR) is 81.9 cm³/mol. The van der Waals surface area contributed by atoms with E-state index in [-0.39, 0.29) is 6.04 Å². The van der Waals surface area contributed by atoms with Crippen LogP contribution in [0, 0.1) is 0 Å². The minimum Gasteiger partial charge on any atom is -0.310 e. The van der Waals surface area contributed by atoms with E-state index >= 15 is 0 Å². The van der Waals surface area contributed by atoms with Crippen molar-refractivity contribution in [3.63, 3.8) is 0 Å². The highest BCUT2D eigenvalue weighted by atomic mass is 32.2. The maximum atomic E-state index is 11.6. The van der Waals surface area contributed by atoms with Gasteiger partial charge < -0.3 is 5.32 Å². The van der Waals surface area contributed by atoms with Crippen LogP contribution < -0.4 is 14.8 Å². The Labute approximate surface area is 121 Å².